The molecule has 0 aromatic heterocycles. The van der Waals surface area contributed by atoms with Crippen LogP contribution in [0.25, 0.3) is 0 Å². The monoisotopic (exact) mass is 501 g/mol. The van der Waals surface area contributed by atoms with Crippen molar-refractivity contribution in [3.63, 3.8) is 0 Å². The van der Waals surface area contributed by atoms with Gasteiger partial charge in [0, 0.05) is 38.6 Å². The van der Waals surface area contributed by atoms with Gasteiger partial charge in [-0.15, -0.1) is 24.0 Å². The molecule has 8 heteroatoms. The van der Waals surface area contributed by atoms with Crippen molar-refractivity contribution in [3.05, 3.63) is 35.9 Å². The third kappa shape index (κ3) is 8.90. The lowest BCUT2D eigenvalue weighted by Gasteiger charge is -2.20. The molecule has 1 aromatic rings. The molecule has 0 radical (unpaired) electrons. The van der Waals surface area contributed by atoms with Crippen molar-refractivity contribution in [1.82, 2.24) is 20.9 Å². The van der Waals surface area contributed by atoms with E-state index >= 15 is 0 Å². The van der Waals surface area contributed by atoms with Crippen molar-refractivity contribution in [2.75, 3.05) is 32.7 Å². The van der Waals surface area contributed by atoms with Gasteiger partial charge in [0.1, 0.15) is 6.54 Å². The van der Waals surface area contributed by atoms with Crippen LogP contribution in [0.2, 0.25) is 0 Å². The summed E-state index contributed by atoms with van der Waals surface area (Å²) in [5, 5.41) is 9.18. The molecule has 1 fully saturated rings. The van der Waals surface area contributed by atoms with E-state index in [0.717, 1.165) is 18.4 Å². The summed E-state index contributed by atoms with van der Waals surface area (Å²) >= 11 is 0. The lowest BCUT2D eigenvalue weighted by molar-refractivity contribution is -0.130. The average Bonchev–Trinajstić information content (AvgIpc) is 3.53. The van der Waals surface area contributed by atoms with E-state index in [1.165, 1.54) is 0 Å². The average molecular weight is 501 g/mol. The standard InChI is InChI=1S/C20H31N5O2.HI/c1-3-21-20(23-13-12-22-19(27)17-10-11-17)24-14-18(26)25(4-2)15-16-8-6-5-7-9-16;/h5-9,17H,3-4,10-15H2,1-2H3,(H,22,27)(H2,21,23,24);1H. The van der Waals surface area contributed by atoms with Crippen LogP contribution in [-0.4, -0.2) is 55.4 Å². The number of rotatable bonds is 10. The smallest absolute Gasteiger partial charge is 0.244 e. The zero-order valence-corrected chi connectivity index (χ0v) is 19.1. The molecule has 1 aliphatic carbocycles. The Morgan fingerprint density at radius 1 is 1.07 bits per heavy atom. The molecule has 3 N–H and O–H groups in total. The van der Waals surface area contributed by atoms with Crippen LogP contribution in [0.1, 0.15) is 32.3 Å². The highest BCUT2D eigenvalue weighted by Crippen LogP contribution is 2.28. The topological polar surface area (TPSA) is 85.8 Å². The number of carbonyl (C=O) groups is 2. The summed E-state index contributed by atoms with van der Waals surface area (Å²) in [7, 11) is 0. The first-order valence-corrected chi connectivity index (χ1v) is 9.75. The number of benzene rings is 1. The molecular formula is C20H32IN5O2. The Hall–Kier alpha value is -1.84. The maximum absolute atomic E-state index is 12.5. The van der Waals surface area contributed by atoms with E-state index in [2.05, 4.69) is 20.9 Å². The van der Waals surface area contributed by atoms with Crippen molar-refractivity contribution >= 4 is 41.8 Å². The van der Waals surface area contributed by atoms with Crippen LogP contribution in [-0.2, 0) is 16.1 Å². The quantitative estimate of drug-likeness (QED) is 0.197. The predicted octanol–water partition coefficient (Wildman–Crippen LogP) is 1.73. The fraction of sp³-hybridized carbons (Fsp3) is 0.550. The van der Waals surface area contributed by atoms with E-state index in [-0.39, 0.29) is 48.3 Å². The van der Waals surface area contributed by atoms with Crippen molar-refractivity contribution in [2.45, 2.75) is 33.2 Å². The van der Waals surface area contributed by atoms with Gasteiger partial charge in [-0.25, -0.2) is 4.99 Å². The summed E-state index contributed by atoms with van der Waals surface area (Å²) in [5.41, 5.74) is 1.10. The van der Waals surface area contributed by atoms with Gasteiger partial charge < -0.3 is 20.9 Å². The van der Waals surface area contributed by atoms with E-state index < -0.39 is 0 Å². The van der Waals surface area contributed by atoms with E-state index in [4.69, 9.17) is 0 Å². The molecule has 0 atom stereocenters. The minimum atomic E-state index is -0.0133. The highest BCUT2D eigenvalue weighted by molar-refractivity contribution is 14.0. The molecule has 0 aliphatic heterocycles. The number of guanidine groups is 1. The van der Waals surface area contributed by atoms with Crippen LogP contribution in [0, 0.1) is 5.92 Å². The van der Waals surface area contributed by atoms with Gasteiger partial charge in [-0.05, 0) is 32.3 Å². The second-order valence-corrected chi connectivity index (χ2v) is 6.58. The van der Waals surface area contributed by atoms with Crippen LogP contribution >= 0.6 is 24.0 Å². The molecule has 7 nitrogen and oxygen atoms in total. The predicted molar refractivity (Wildman–Crippen MR) is 123 cm³/mol. The van der Waals surface area contributed by atoms with Gasteiger partial charge in [0.05, 0.1) is 0 Å². The van der Waals surface area contributed by atoms with E-state index in [9.17, 15) is 9.59 Å². The van der Waals surface area contributed by atoms with E-state index in [0.29, 0.717) is 38.7 Å². The van der Waals surface area contributed by atoms with Gasteiger partial charge in [0.2, 0.25) is 11.8 Å². The van der Waals surface area contributed by atoms with Gasteiger partial charge in [0.15, 0.2) is 5.96 Å². The fourth-order valence-electron chi connectivity index (χ4n) is 2.63. The number of hydrogen-bond acceptors (Lipinski definition) is 3. The van der Waals surface area contributed by atoms with Crippen LogP contribution in [0.3, 0.4) is 0 Å². The minimum Gasteiger partial charge on any atom is -0.357 e. The van der Waals surface area contributed by atoms with Gasteiger partial charge >= 0.3 is 0 Å². The summed E-state index contributed by atoms with van der Waals surface area (Å²) in [6.45, 7) is 7.07. The van der Waals surface area contributed by atoms with Gasteiger partial charge in [-0.3, -0.25) is 9.59 Å². The summed E-state index contributed by atoms with van der Waals surface area (Å²) < 4.78 is 0. The zero-order chi connectivity index (χ0) is 19.5. The number of amides is 2. The Kier molecular flexibility index (Phi) is 11.5. The molecule has 1 aliphatic rings. The largest absolute Gasteiger partial charge is 0.357 e. The number of carbonyl (C=O) groups excluding carboxylic acids is 2. The normalized spacial score (nSPS) is 13.3. The lowest BCUT2D eigenvalue weighted by Crippen LogP contribution is -2.42. The number of likely N-dealkylation sites (N-methyl/N-ethyl adjacent to an activating group) is 1. The Bertz CT molecular complexity index is 635. The number of halogens is 1. The Labute approximate surface area is 184 Å². The number of nitrogens with zero attached hydrogens (tertiary/aromatic N) is 2. The fourth-order valence-corrected chi connectivity index (χ4v) is 2.63. The SMILES string of the molecule is CCNC(=NCC(=O)N(CC)Cc1ccccc1)NCCNC(=O)C1CC1.I. The van der Waals surface area contributed by atoms with Gasteiger partial charge in [0.25, 0.3) is 0 Å². The van der Waals surface area contributed by atoms with Crippen LogP contribution < -0.4 is 16.0 Å². The van der Waals surface area contributed by atoms with E-state index in [1.54, 1.807) is 4.90 Å². The number of hydrogen-bond donors (Lipinski definition) is 3. The molecule has 28 heavy (non-hydrogen) atoms. The summed E-state index contributed by atoms with van der Waals surface area (Å²) in [6.07, 6.45) is 2.00. The third-order valence-electron chi connectivity index (χ3n) is 4.33. The first kappa shape index (κ1) is 24.2. The van der Waals surface area contributed by atoms with Gasteiger partial charge in [-0.2, -0.15) is 0 Å². The van der Waals surface area contributed by atoms with Gasteiger partial charge in [-0.1, -0.05) is 30.3 Å². The molecular weight excluding hydrogens is 469 g/mol. The third-order valence-corrected chi connectivity index (χ3v) is 4.33. The number of nitrogens with one attached hydrogen (secondary N) is 3. The molecule has 0 saturated heterocycles. The van der Waals surface area contributed by atoms with Crippen LogP contribution in [0.5, 0.6) is 0 Å². The first-order valence-electron chi connectivity index (χ1n) is 9.75. The maximum Gasteiger partial charge on any atom is 0.244 e. The second kappa shape index (κ2) is 13.4. The molecule has 2 amide bonds. The minimum absolute atomic E-state index is 0. The second-order valence-electron chi connectivity index (χ2n) is 6.58. The molecule has 1 aromatic carbocycles. The zero-order valence-electron chi connectivity index (χ0n) is 16.7. The van der Waals surface area contributed by atoms with Crippen molar-refractivity contribution in [1.29, 1.82) is 0 Å². The lowest BCUT2D eigenvalue weighted by atomic mass is 10.2. The molecule has 2 rings (SSSR count). The van der Waals surface area contributed by atoms with Crippen molar-refractivity contribution in [2.24, 2.45) is 10.9 Å². The molecule has 0 heterocycles. The highest BCUT2D eigenvalue weighted by atomic mass is 127. The van der Waals surface area contributed by atoms with Crippen molar-refractivity contribution < 1.29 is 9.59 Å². The van der Waals surface area contributed by atoms with Crippen molar-refractivity contribution in [3.8, 4) is 0 Å². The molecule has 156 valence electrons. The Morgan fingerprint density at radius 2 is 1.75 bits per heavy atom. The maximum atomic E-state index is 12.5. The van der Waals surface area contributed by atoms with Crippen LogP contribution in [0.15, 0.2) is 35.3 Å². The molecule has 0 bridgehead atoms. The Morgan fingerprint density at radius 3 is 2.36 bits per heavy atom. The van der Waals surface area contributed by atoms with Crippen LogP contribution in [0.4, 0.5) is 0 Å². The summed E-state index contributed by atoms with van der Waals surface area (Å²) in [4.78, 5) is 30.3. The molecule has 1 saturated carbocycles. The Balaban J connectivity index is 0.00000392. The molecule has 0 unspecified atom stereocenters. The molecule has 0 spiro atoms. The summed E-state index contributed by atoms with van der Waals surface area (Å²) in [6, 6.07) is 9.94. The van der Waals surface area contributed by atoms with E-state index in [1.807, 2.05) is 44.2 Å². The number of aliphatic imine (C=N–C) groups is 1. The first-order chi connectivity index (χ1) is 13.1. The highest BCUT2D eigenvalue weighted by Gasteiger charge is 2.28. The summed E-state index contributed by atoms with van der Waals surface area (Å²) in [5.74, 6) is 0.922.